The van der Waals surface area contributed by atoms with Crippen LogP contribution in [0.4, 0.5) is 0 Å². The predicted octanol–water partition coefficient (Wildman–Crippen LogP) is 6.60. The molecule has 1 aromatic heterocycles. The molecule has 236 valence electrons. The van der Waals surface area contributed by atoms with E-state index in [2.05, 4.69) is 29.3 Å². The molecule has 0 bridgehead atoms. The lowest BCUT2D eigenvalue weighted by Gasteiger charge is -2.25. The summed E-state index contributed by atoms with van der Waals surface area (Å²) in [5, 5.41) is 23.4. The smallest absolute Gasteiger partial charge is 0.119 e. The van der Waals surface area contributed by atoms with Gasteiger partial charge < -0.3 is 16.4 Å². The molecule has 0 saturated heterocycles. The van der Waals surface area contributed by atoms with Crippen LogP contribution in [-0.4, -0.2) is 39.2 Å². The number of aromatic nitrogens is 2. The lowest BCUT2D eigenvalue weighted by molar-refractivity contribution is 0.340. The van der Waals surface area contributed by atoms with E-state index in [0.717, 1.165) is 61.9 Å². The minimum absolute atomic E-state index is 0.340. The van der Waals surface area contributed by atoms with Crippen molar-refractivity contribution in [3.8, 4) is 11.4 Å². The summed E-state index contributed by atoms with van der Waals surface area (Å²) in [6.45, 7) is 8.67. The van der Waals surface area contributed by atoms with Crippen LogP contribution in [0.5, 0.6) is 5.75 Å². The van der Waals surface area contributed by atoms with Gasteiger partial charge in [0.1, 0.15) is 17.2 Å². The Morgan fingerprint density at radius 1 is 0.766 bits per heavy atom. The molecule has 47 heavy (non-hydrogen) atoms. The Morgan fingerprint density at radius 3 is 1.94 bits per heavy atom. The maximum absolute atomic E-state index is 6.25. The van der Waals surface area contributed by atoms with Crippen LogP contribution in [0.25, 0.3) is 5.69 Å². The first-order valence-electron chi connectivity index (χ1n) is 15.6. The van der Waals surface area contributed by atoms with Crippen molar-refractivity contribution in [3.05, 3.63) is 148 Å². The lowest BCUT2D eigenvalue weighted by Crippen LogP contribution is -2.31. The van der Waals surface area contributed by atoms with Gasteiger partial charge in [0.2, 0.25) is 0 Å². The number of para-hydroxylation sites is 1. The molecule has 9 heteroatoms. The molecule has 0 aliphatic carbocycles. The van der Waals surface area contributed by atoms with Gasteiger partial charge >= 0.3 is 0 Å². The fourth-order valence-corrected chi connectivity index (χ4v) is 5.98. The summed E-state index contributed by atoms with van der Waals surface area (Å²) in [5.41, 5.74) is 10.9. The van der Waals surface area contributed by atoms with Crippen molar-refractivity contribution in [1.82, 2.24) is 9.78 Å². The van der Waals surface area contributed by atoms with Gasteiger partial charge in [-0.15, -0.1) is 0 Å². The zero-order valence-electron chi connectivity index (χ0n) is 27.1. The second kappa shape index (κ2) is 13.7. The first kappa shape index (κ1) is 31.2. The van der Waals surface area contributed by atoms with Crippen LogP contribution in [0, 0.1) is 20.8 Å². The van der Waals surface area contributed by atoms with E-state index in [1.807, 2.05) is 116 Å². The van der Waals surface area contributed by atoms with Crippen LogP contribution < -0.4 is 16.4 Å². The summed E-state index contributed by atoms with van der Waals surface area (Å²) in [4.78, 5) is 0. The van der Waals surface area contributed by atoms with Crippen molar-refractivity contribution >= 4 is 22.8 Å². The zero-order chi connectivity index (χ0) is 32.9. The molecule has 1 aliphatic heterocycles. The van der Waals surface area contributed by atoms with Gasteiger partial charge in [0.25, 0.3) is 0 Å². The van der Waals surface area contributed by atoms with Crippen molar-refractivity contribution in [2.75, 3.05) is 6.61 Å². The van der Waals surface area contributed by atoms with Gasteiger partial charge in [0.15, 0.2) is 0 Å². The first-order valence-corrected chi connectivity index (χ1v) is 15.6. The van der Waals surface area contributed by atoms with E-state index in [4.69, 9.17) is 31.7 Å². The highest BCUT2D eigenvalue weighted by molar-refractivity contribution is 6.50. The second-order valence-corrected chi connectivity index (χ2v) is 11.5. The second-order valence-electron chi connectivity index (χ2n) is 11.5. The fourth-order valence-electron chi connectivity index (χ4n) is 5.98. The third-order valence-corrected chi connectivity index (χ3v) is 8.34. The van der Waals surface area contributed by atoms with Crippen LogP contribution in [0.3, 0.4) is 0 Å². The van der Waals surface area contributed by atoms with E-state index in [1.54, 1.807) is 0 Å². The van der Waals surface area contributed by atoms with Gasteiger partial charge in [-0.1, -0.05) is 77.9 Å². The molecule has 4 N–H and O–H groups in total. The van der Waals surface area contributed by atoms with Crippen LogP contribution in [-0.2, 0) is 0 Å². The molecule has 0 fully saturated rings. The number of ether oxygens (including phenoxy) is 1. The number of benzene rings is 4. The molecule has 1 aliphatic rings. The highest BCUT2D eigenvalue weighted by Crippen LogP contribution is 2.36. The summed E-state index contributed by atoms with van der Waals surface area (Å²) in [6, 6.07) is 34.2. The quantitative estimate of drug-likeness (QED) is 0.109. The Bertz CT molecular complexity index is 1990. The molecule has 6 rings (SSSR count). The Balaban J connectivity index is 1.58. The fraction of sp³-hybridized carbons (Fsp3) is 0.184. The average Bonchev–Trinajstić information content (AvgIpc) is 3.44. The largest absolute Gasteiger partial charge is 0.494 e. The number of hydrazone groups is 2. The number of hydrogen-bond donors (Lipinski definition) is 2. The first-order chi connectivity index (χ1) is 22.9. The van der Waals surface area contributed by atoms with Gasteiger partial charge in [-0.2, -0.15) is 25.5 Å². The van der Waals surface area contributed by atoms with Crippen LogP contribution in [0.15, 0.2) is 124 Å². The molecule has 0 spiro atoms. The highest BCUT2D eigenvalue weighted by Gasteiger charge is 2.36. The number of nitrogens with zero attached hydrogens (tertiary/aromatic N) is 6. The van der Waals surface area contributed by atoms with E-state index in [-0.39, 0.29) is 5.92 Å². The number of hydrogen-bond acceptors (Lipinski definition) is 8. The SMILES string of the molecule is CCOc1ccc(C2=NN=C(/C(=N/N)c3ccc(C)cc3)C(c3c(C)nn(-c4ccccc4)c3/C(=N/N)c3ccc(C)cc3)C2)cc1. The van der Waals surface area contributed by atoms with Gasteiger partial charge in [-0.05, 0) is 69.7 Å². The molecule has 9 nitrogen and oxygen atoms in total. The van der Waals surface area contributed by atoms with Crippen molar-refractivity contribution in [3.63, 3.8) is 0 Å². The predicted molar refractivity (Wildman–Crippen MR) is 190 cm³/mol. The minimum atomic E-state index is -0.340. The van der Waals surface area contributed by atoms with Crippen molar-refractivity contribution in [1.29, 1.82) is 0 Å². The Labute approximate surface area is 275 Å². The molecule has 1 atom stereocenters. The minimum Gasteiger partial charge on any atom is -0.494 e. The van der Waals surface area contributed by atoms with Crippen molar-refractivity contribution in [2.45, 2.75) is 40.0 Å². The van der Waals surface area contributed by atoms with Crippen LogP contribution in [0.1, 0.15) is 64.0 Å². The summed E-state index contributed by atoms with van der Waals surface area (Å²) in [6.07, 6.45) is 0.512. The van der Waals surface area contributed by atoms with E-state index >= 15 is 0 Å². The summed E-state index contributed by atoms with van der Waals surface area (Å²) < 4.78 is 7.61. The highest BCUT2D eigenvalue weighted by atomic mass is 16.5. The van der Waals surface area contributed by atoms with Crippen LogP contribution in [0.2, 0.25) is 0 Å². The van der Waals surface area contributed by atoms with Crippen molar-refractivity contribution in [2.24, 2.45) is 32.1 Å². The zero-order valence-corrected chi connectivity index (χ0v) is 27.1. The van der Waals surface area contributed by atoms with Gasteiger partial charge in [0, 0.05) is 29.0 Å². The molecule has 1 unspecified atom stereocenters. The molecule has 0 saturated carbocycles. The number of rotatable bonds is 9. The summed E-state index contributed by atoms with van der Waals surface area (Å²) in [5.74, 6) is 12.9. The summed E-state index contributed by atoms with van der Waals surface area (Å²) in [7, 11) is 0. The van der Waals surface area contributed by atoms with E-state index in [9.17, 15) is 0 Å². The molecule has 0 radical (unpaired) electrons. The topological polar surface area (TPSA) is 129 Å². The van der Waals surface area contributed by atoms with Gasteiger partial charge in [-0.3, -0.25) is 0 Å². The molecular formula is C38H38N8O. The summed E-state index contributed by atoms with van der Waals surface area (Å²) >= 11 is 0. The van der Waals surface area contributed by atoms with Gasteiger partial charge in [0.05, 0.1) is 35.1 Å². The Kier molecular flexibility index (Phi) is 9.06. The molecule has 5 aromatic rings. The van der Waals surface area contributed by atoms with E-state index in [1.165, 1.54) is 0 Å². The molecule has 0 amide bonds. The average molecular weight is 623 g/mol. The third-order valence-electron chi connectivity index (χ3n) is 8.34. The Morgan fingerprint density at radius 2 is 1.36 bits per heavy atom. The normalized spacial score (nSPS) is 15.3. The molecule has 2 heterocycles. The monoisotopic (exact) mass is 622 g/mol. The van der Waals surface area contributed by atoms with Gasteiger partial charge in [-0.25, -0.2) is 4.68 Å². The third kappa shape index (κ3) is 6.33. The number of nitrogens with two attached hydrogens (primary N) is 2. The Hall–Kier alpha value is -5.83. The molecular weight excluding hydrogens is 584 g/mol. The molecule has 4 aromatic carbocycles. The number of aryl methyl sites for hydroxylation is 3. The maximum atomic E-state index is 6.25. The van der Waals surface area contributed by atoms with Crippen molar-refractivity contribution < 1.29 is 4.74 Å². The van der Waals surface area contributed by atoms with E-state index in [0.29, 0.717) is 30.2 Å². The van der Waals surface area contributed by atoms with Crippen LogP contribution >= 0.6 is 0 Å². The maximum Gasteiger partial charge on any atom is 0.119 e. The standard InChI is InChI=1S/C38H38N8O/c1-5-47-31-21-19-27(20-22-31)33-23-32(37(44-43-33)35(41-39)28-15-11-24(2)12-16-28)34-26(4)45-46(30-9-7-6-8-10-30)38(34)36(42-40)29-17-13-25(3)14-18-29/h6-22,32H,5,23,39-40H2,1-4H3/b41-35+,42-36+. The van der Waals surface area contributed by atoms with E-state index < -0.39 is 0 Å². The lowest BCUT2D eigenvalue weighted by atomic mass is 9.81.